The molecule has 2 N–H and O–H groups in total. The van der Waals surface area contributed by atoms with Crippen LogP contribution < -0.4 is 5.73 Å². The summed E-state index contributed by atoms with van der Waals surface area (Å²) in [5.74, 6) is -0.294. The first-order valence-electron chi connectivity index (χ1n) is 5.40. The molecule has 0 atom stereocenters. The van der Waals surface area contributed by atoms with Crippen LogP contribution in [0.1, 0.15) is 11.1 Å². The van der Waals surface area contributed by atoms with E-state index in [2.05, 4.69) is 6.58 Å². The Morgan fingerprint density at radius 2 is 1.76 bits per heavy atom. The zero-order valence-corrected chi connectivity index (χ0v) is 9.70. The lowest BCUT2D eigenvalue weighted by Gasteiger charge is -2.09. The third kappa shape index (κ3) is 2.21. The molecule has 0 unspecified atom stereocenters. The van der Waals surface area contributed by atoms with Crippen LogP contribution in [0.2, 0.25) is 0 Å². The molecule has 2 aromatic carbocycles. The predicted molar refractivity (Wildman–Crippen MR) is 69.8 cm³/mol. The number of rotatable bonds is 2. The van der Waals surface area contributed by atoms with E-state index in [4.69, 9.17) is 5.73 Å². The molecule has 0 aliphatic rings. The summed E-state index contributed by atoms with van der Waals surface area (Å²) in [4.78, 5) is 0. The SMILES string of the molecule is C=C(N)c1cc(-c2ccccc2)cc(C)c1F. The molecular formula is C15H14FN. The molecule has 0 fully saturated rings. The van der Waals surface area contributed by atoms with Crippen LogP contribution in [0.15, 0.2) is 49.0 Å². The van der Waals surface area contributed by atoms with E-state index in [1.54, 1.807) is 13.0 Å². The van der Waals surface area contributed by atoms with Crippen molar-refractivity contribution < 1.29 is 4.39 Å². The summed E-state index contributed by atoms with van der Waals surface area (Å²) in [5.41, 5.74) is 8.79. The van der Waals surface area contributed by atoms with Crippen LogP contribution in [0, 0.1) is 12.7 Å². The maximum Gasteiger partial charge on any atom is 0.135 e. The minimum Gasteiger partial charge on any atom is -0.399 e. The van der Waals surface area contributed by atoms with Crippen LogP contribution in [-0.4, -0.2) is 0 Å². The van der Waals surface area contributed by atoms with E-state index in [0.29, 0.717) is 11.1 Å². The number of nitrogens with two attached hydrogens (primary N) is 1. The van der Waals surface area contributed by atoms with E-state index >= 15 is 0 Å². The van der Waals surface area contributed by atoms with Gasteiger partial charge in [0.05, 0.1) is 0 Å². The Labute approximate surface area is 100 Å². The van der Waals surface area contributed by atoms with Crippen molar-refractivity contribution in [2.24, 2.45) is 5.73 Å². The van der Waals surface area contributed by atoms with Crippen molar-refractivity contribution in [3.8, 4) is 11.1 Å². The predicted octanol–water partition coefficient (Wildman–Crippen LogP) is 3.73. The van der Waals surface area contributed by atoms with Crippen molar-refractivity contribution >= 4 is 5.70 Å². The maximum absolute atomic E-state index is 13.8. The molecule has 0 heterocycles. The van der Waals surface area contributed by atoms with Crippen molar-refractivity contribution in [3.63, 3.8) is 0 Å². The van der Waals surface area contributed by atoms with Crippen molar-refractivity contribution in [1.29, 1.82) is 0 Å². The quantitative estimate of drug-likeness (QED) is 0.831. The van der Waals surface area contributed by atoms with Crippen LogP contribution in [0.3, 0.4) is 0 Å². The molecule has 2 rings (SSSR count). The van der Waals surface area contributed by atoms with Gasteiger partial charge in [-0.3, -0.25) is 0 Å². The first-order chi connectivity index (χ1) is 8.09. The van der Waals surface area contributed by atoms with Crippen LogP contribution in [-0.2, 0) is 0 Å². The molecule has 0 aliphatic heterocycles. The van der Waals surface area contributed by atoms with Gasteiger partial charge in [-0.15, -0.1) is 0 Å². The van der Waals surface area contributed by atoms with Gasteiger partial charge >= 0.3 is 0 Å². The molecule has 2 aromatic rings. The first-order valence-corrected chi connectivity index (χ1v) is 5.40. The fraction of sp³-hybridized carbons (Fsp3) is 0.0667. The molecule has 0 aliphatic carbocycles. The summed E-state index contributed by atoms with van der Waals surface area (Å²) in [7, 11) is 0. The largest absolute Gasteiger partial charge is 0.399 e. The highest BCUT2D eigenvalue weighted by molar-refractivity contribution is 5.72. The second-order valence-corrected chi connectivity index (χ2v) is 4.05. The second-order valence-electron chi connectivity index (χ2n) is 4.05. The molecule has 0 aromatic heterocycles. The summed E-state index contributed by atoms with van der Waals surface area (Å²) in [6, 6.07) is 13.4. The standard InChI is InChI=1S/C15H14FN/c1-10-8-13(12-6-4-3-5-7-12)9-14(11(2)17)15(10)16/h3-9H,2,17H2,1H3. The highest BCUT2D eigenvalue weighted by Gasteiger charge is 2.09. The minimum atomic E-state index is -0.294. The van der Waals surface area contributed by atoms with Crippen LogP contribution in [0.4, 0.5) is 4.39 Å². The van der Waals surface area contributed by atoms with Crippen LogP contribution >= 0.6 is 0 Å². The summed E-state index contributed by atoms with van der Waals surface area (Å²) in [6.45, 7) is 5.33. The molecule has 86 valence electrons. The molecule has 0 saturated heterocycles. The zero-order valence-electron chi connectivity index (χ0n) is 9.70. The molecule has 1 nitrogen and oxygen atoms in total. The van der Waals surface area contributed by atoms with E-state index in [1.165, 1.54) is 0 Å². The van der Waals surface area contributed by atoms with Gasteiger partial charge in [0, 0.05) is 11.3 Å². The Hall–Kier alpha value is -2.09. The van der Waals surface area contributed by atoms with Crippen molar-refractivity contribution in [2.45, 2.75) is 6.92 Å². The number of aryl methyl sites for hydroxylation is 1. The highest BCUT2D eigenvalue weighted by atomic mass is 19.1. The first kappa shape index (κ1) is 11.4. The maximum atomic E-state index is 13.8. The lowest BCUT2D eigenvalue weighted by Crippen LogP contribution is -2.00. The fourth-order valence-electron chi connectivity index (χ4n) is 1.80. The molecule has 0 amide bonds. The Balaban J connectivity index is 2.61. The molecule has 0 spiro atoms. The smallest absolute Gasteiger partial charge is 0.135 e. The average molecular weight is 227 g/mol. The van der Waals surface area contributed by atoms with Gasteiger partial charge in [-0.25, -0.2) is 4.39 Å². The number of halogens is 1. The van der Waals surface area contributed by atoms with Gasteiger partial charge in [-0.05, 0) is 35.7 Å². The number of benzene rings is 2. The van der Waals surface area contributed by atoms with E-state index in [0.717, 1.165) is 11.1 Å². The summed E-state index contributed by atoms with van der Waals surface area (Å²) in [5, 5.41) is 0. The van der Waals surface area contributed by atoms with Crippen LogP contribution in [0.5, 0.6) is 0 Å². The normalized spacial score (nSPS) is 10.2. The van der Waals surface area contributed by atoms with Gasteiger partial charge in [-0.2, -0.15) is 0 Å². The van der Waals surface area contributed by atoms with E-state index in [9.17, 15) is 4.39 Å². The molecule has 0 radical (unpaired) electrons. The van der Waals surface area contributed by atoms with E-state index in [1.807, 2.05) is 36.4 Å². The monoisotopic (exact) mass is 227 g/mol. The Morgan fingerprint density at radius 3 is 2.35 bits per heavy atom. The lowest BCUT2D eigenvalue weighted by molar-refractivity contribution is 0.614. The number of hydrogen-bond donors (Lipinski definition) is 1. The highest BCUT2D eigenvalue weighted by Crippen LogP contribution is 2.26. The summed E-state index contributed by atoms with van der Waals surface area (Å²) in [6.07, 6.45) is 0. The fourth-order valence-corrected chi connectivity index (χ4v) is 1.80. The molecule has 0 bridgehead atoms. The Bertz CT molecular complexity index is 559. The van der Waals surface area contributed by atoms with Gasteiger partial charge in [-0.1, -0.05) is 36.9 Å². The van der Waals surface area contributed by atoms with E-state index in [-0.39, 0.29) is 11.5 Å². The van der Waals surface area contributed by atoms with Gasteiger partial charge in [0.25, 0.3) is 0 Å². The summed E-state index contributed by atoms with van der Waals surface area (Å²) >= 11 is 0. The third-order valence-electron chi connectivity index (χ3n) is 2.71. The Morgan fingerprint density at radius 1 is 1.12 bits per heavy atom. The number of hydrogen-bond acceptors (Lipinski definition) is 1. The Kier molecular flexibility index (Phi) is 2.96. The van der Waals surface area contributed by atoms with Crippen molar-refractivity contribution in [3.05, 3.63) is 66.0 Å². The van der Waals surface area contributed by atoms with E-state index < -0.39 is 0 Å². The zero-order chi connectivity index (χ0) is 12.4. The second kappa shape index (κ2) is 4.42. The minimum absolute atomic E-state index is 0.253. The van der Waals surface area contributed by atoms with Crippen LogP contribution in [0.25, 0.3) is 16.8 Å². The third-order valence-corrected chi connectivity index (χ3v) is 2.71. The molecule has 2 heteroatoms. The topological polar surface area (TPSA) is 26.0 Å². The lowest BCUT2D eigenvalue weighted by atomic mass is 9.98. The average Bonchev–Trinajstić information content (AvgIpc) is 2.33. The van der Waals surface area contributed by atoms with Crippen molar-refractivity contribution in [1.82, 2.24) is 0 Å². The molecule has 0 saturated carbocycles. The van der Waals surface area contributed by atoms with Gasteiger partial charge < -0.3 is 5.73 Å². The molecular weight excluding hydrogens is 213 g/mol. The van der Waals surface area contributed by atoms with Crippen molar-refractivity contribution in [2.75, 3.05) is 0 Å². The van der Waals surface area contributed by atoms with Gasteiger partial charge in [0.1, 0.15) is 5.82 Å². The van der Waals surface area contributed by atoms with Gasteiger partial charge in [0.2, 0.25) is 0 Å². The van der Waals surface area contributed by atoms with Gasteiger partial charge in [0.15, 0.2) is 0 Å². The summed E-state index contributed by atoms with van der Waals surface area (Å²) < 4.78 is 13.8. The molecule has 17 heavy (non-hydrogen) atoms.